The fourth-order valence-electron chi connectivity index (χ4n) is 2.69. The van der Waals surface area contributed by atoms with Crippen LogP contribution in [0.15, 0.2) is 41.2 Å². The van der Waals surface area contributed by atoms with E-state index in [-0.39, 0.29) is 24.0 Å². The van der Waals surface area contributed by atoms with Crippen molar-refractivity contribution >= 4 is 17.5 Å². The molecule has 1 aliphatic rings. The average Bonchev–Trinajstić information content (AvgIpc) is 2.57. The summed E-state index contributed by atoms with van der Waals surface area (Å²) in [6.45, 7) is 1.29. The van der Waals surface area contributed by atoms with E-state index >= 15 is 0 Å². The third-order valence-electron chi connectivity index (χ3n) is 3.96. The molecule has 0 spiro atoms. The van der Waals surface area contributed by atoms with Gasteiger partial charge in [0.05, 0.1) is 12.1 Å². The number of halogens is 1. The molecule has 7 heteroatoms. The van der Waals surface area contributed by atoms with E-state index in [9.17, 15) is 9.59 Å². The fraction of sp³-hybridized carbons (Fsp3) is 0.353. The van der Waals surface area contributed by atoms with Crippen LogP contribution < -0.4 is 10.3 Å². The number of aromatic nitrogens is 2. The van der Waals surface area contributed by atoms with Crippen molar-refractivity contribution in [3.8, 4) is 5.75 Å². The Kier molecular flexibility index (Phi) is 5.15. The lowest BCUT2D eigenvalue weighted by atomic mass is 10.1. The molecule has 6 nitrogen and oxygen atoms in total. The third kappa shape index (κ3) is 4.35. The maximum Gasteiger partial charge on any atom is 0.264 e. The molecule has 24 heavy (non-hydrogen) atoms. The molecular formula is C17H18ClN3O3. The van der Waals surface area contributed by atoms with Gasteiger partial charge in [0.15, 0.2) is 0 Å². The molecule has 1 aromatic heterocycles. The van der Waals surface area contributed by atoms with Gasteiger partial charge in [-0.3, -0.25) is 9.59 Å². The van der Waals surface area contributed by atoms with Gasteiger partial charge in [0, 0.05) is 37.0 Å². The molecule has 1 N–H and O–H groups in total. The summed E-state index contributed by atoms with van der Waals surface area (Å²) in [5.41, 5.74) is 0.294. The molecule has 1 fully saturated rings. The van der Waals surface area contributed by atoms with Gasteiger partial charge < -0.3 is 9.64 Å². The number of rotatable bonds is 4. The smallest absolute Gasteiger partial charge is 0.264 e. The van der Waals surface area contributed by atoms with Crippen LogP contribution in [-0.2, 0) is 11.2 Å². The summed E-state index contributed by atoms with van der Waals surface area (Å²) >= 11 is 5.95. The molecule has 126 valence electrons. The van der Waals surface area contributed by atoms with E-state index in [4.69, 9.17) is 16.3 Å². The number of benzene rings is 1. The van der Waals surface area contributed by atoms with Crippen molar-refractivity contribution in [1.82, 2.24) is 15.1 Å². The van der Waals surface area contributed by atoms with Gasteiger partial charge in [-0.1, -0.05) is 17.7 Å². The van der Waals surface area contributed by atoms with Crippen LogP contribution in [0.4, 0.5) is 0 Å². The van der Waals surface area contributed by atoms with Crippen LogP contribution in [0.5, 0.6) is 5.75 Å². The first-order chi connectivity index (χ1) is 11.6. The highest BCUT2D eigenvalue weighted by Gasteiger charge is 2.24. The second-order valence-corrected chi connectivity index (χ2v) is 6.18. The zero-order valence-electron chi connectivity index (χ0n) is 13.1. The summed E-state index contributed by atoms with van der Waals surface area (Å²) in [5, 5.41) is 6.86. The molecule has 1 aromatic carbocycles. The molecule has 1 aliphatic heterocycles. The van der Waals surface area contributed by atoms with Crippen LogP contribution in [0, 0.1) is 0 Å². The van der Waals surface area contributed by atoms with Crippen molar-refractivity contribution in [2.75, 3.05) is 13.1 Å². The zero-order valence-corrected chi connectivity index (χ0v) is 13.8. The number of nitrogens with zero attached hydrogens (tertiary/aromatic N) is 2. The van der Waals surface area contributed by atoms with Crippen molar-refractivity contribution in [1.29, 1.82) is 0 Å². The predicted molar refractivity (Wildman–Crippen MR) is 90.2 cm³/mol. The number of aromatic amines is 1. The number of nitrogens with one attached hydrogen (secondary N) is 1. The molecule has 0 atom stereocenters. The number of carbonyl (C=O) groups excluding carboxylic acids is 1. The Morgan fingerprint density at radius 3 is 2.75 bits per heavy atom. The van der Waals surface area contributed by atoms with Gasteiger partial charge in [-0.25, -0.2) is 5.10 Å². The summed E-state index contributed by atoms with van der Waals surface area (Å²) < 4.78 is 5.92. The molecule has 0 saturated carbocycles. The van der Waals surface area contributed by atoms with E-state index in [1.807, 2.05) is 17.0 Å². The van der Waals surface area contributed by atoms with E-state index in [0.29, 0.717) is 23.8 Å². The molecule has 2 aromatic rings. The number of likely N-dealkylation sites (tertiary alicyclic amines) is 1. The Bertz CT molecular complexity index is 749. The standard InChI is InChI=1S/C17H18ClN3O3/c18-12-2-1-3-15(10-12)24-14-6-8-21(9-7-14)17(23)11-13-4-5-16(22)20-19-13/h1-5,10,14H,6-9,11H2,(H,20,22). The van der Waals surface area contributed by atoms with Gasteiger partial charge in [0.1, 0.15) is 11.9 Å². The molecule has 0 bridgehead atoms. The summed E-state index contributed by atoms with van der Waals surface area (Å²) in [6.07, 6.45) is 1.82. The molecule has 0 aliphatic carbocycles. The Hall–Kier alpha value is -2.34. The monoisotopic (exact) mass is 347 g/mol. The number of H-pyrrole nitrogens is 1. The third-order valence-corrected chi connectivity index (χ3v) is 4.20. The first-order valence-corrected chi connectivity index (χ1v) is 8.22. The average molecular weight is 348 g/mol. The second kappa shape index (κ2) is 7.49. The Labute approximate surface area is 144 Å². The summed E-state index contributed by atoms with van der Waals surface area (Å²) in [7, 11) is 0. The number of ether oxygens (including phenoxy) is 1. The van der Waals surface area contributed by atoms with Crippen LogP contribution in [-0.4, -0.2) is 40.2 Å². The highest BCUT2D eigenvalue weighted by Crippen LogP contribution is 2.22. The van der Waals surface area contributed by atoms with Gasteiger partial charge in [-0.05, 0) is 24.3 Å². The lowest BCUT2D eigenvalue weighted by Gasteiger charge is -2.32. The lowest BCUT2D eigenvalue weighted by molar-refractivity contribution is -0.132. The largest absolute Gasteiger partial charge is 0.490 e. The minimum atomic E-state index is -0.273. The van der Waals surface area contributed by atoms with Gasteiger partial charge in [-0.2, -0.15) is 5.10 Å². The molecule has 1 saturated heterocycles. The number of carbonyl (C=O) groups is 1. The van der Waals surface area contributed by atoms with Crippen molar-refractivity contribution in [3.05, 3.63) is 57.5 Å². The summed E-state index contributed by atoms with van der Waals surface area (Å²) in [4.78, 5) is 25.1. The number of hydrogen-bond acceptors (Lipinski definition) is 4. The highest BCUT2D eigenvalue weighted by molar-refractivity contribution is 6.30. The van der Waals surface area contributed by atoms with E-state index in [2.05, 4.69) is 10.2 Å². The minimum Gasteiger partial charge on any atom is -0.490 e. The number of piperidine rings is 1. The molecule has 0 unspecified atom stereocenters. The number of hydrogen-bond donors (Lipinski definition) is 1. The first-order valence-electron chi connectivity index (χ1n) is 7.85. The van der Waals surface area contributed by atoms with E-state index < -0.39 is 0 Å². The van der Waals surface area contributed by atoms with Crippen molar-refractivity contribution < 1.29 is 9.53 Å². The topological polar surface area (TPSA) is 75.3 Å². The minimum absolute atomic E-state index is 0.00996. The fourth-order valence-corrected chi connectivity index (χ4v) is 2.87. The second-order valence-electron chi connectivity index (χ2n) is 5.74. The molecule has 3 rings (SSSR count). The normalized spacial score (nSPS) is 15.3. The van der Waals surface area contributed by atoms with Gasteiger partial charge in [-0.15, -0.1) is 0 Å². The van der Waals surface area contributed by atoms with Crippen LogP contribution in [0.25, 0.3) is 0 Å². The summed E-state index contributed by atoms with van der Waals surface area (Å²) in [6, 6.07) is 10.3. The Balaban J connectivity index is 1.50. The Morgan fingerprint density at radius 2 is 2.08 bits per heavy atom. The first kappa shape index (κ1) is 16.5. The van der Waals surface area contributed by atoms with Gasteiger partial charge in [0.25, 0.3) is 5.56 Å². The van der Waals surface area contributed by atoms with E-state index in [1.165, 1.54) is 6.07 Å². The molecule has 0 radical (unpaired) electrons. The molecule has 1 amide bonds. The molecular weight excluding hydrogens is 330 g/mol. The van der Waals surface area contributed by atoms with Crippen molar-refractivity contribution in [2.45, 2.75) is 25.4 Å². The predicted octanol–water partition coefficient (Wildman–Crippen LogP) is 2.04. The lowest BCUT2D eigenvalue weighted by Crippen LogP contribution is -2.42. The Morgan fingerprint density at radius 1 is 1.29 bits per heavy atom. The van der Waals surface area contributed by atoms with Crippen LogP contribution in [0.2, 0.25) is 5.02 Å². The van der Waals surface area contributed by atoms with Crippen molar-refractivity contribution in [2.24, 2.45) is 0 Å². The summed E-state index contributed by atoms with van der Waals surface area (Å²) in [5.74, 6) is 0.764. The molecule has 2 heterocycles. The van der Waals surface area contributed by atoms with Gasteiger partial charge >= 0.3 is 0 Å². The highest BCUT2D eigenvalue weighted by atomic mass is 35.5. The number of amides is 1. The maximum atomic E-state index is 12.3. The zero-order chi connectivity index (χ0) is 16.9. The van der Waals surface area contributed by atoms with E-state index in [1.54, 1.807) is 18.2 Å². The van der Waals surface area contributed by atoms with Crippen LogP contribution in [0.1, 0.15) is 18.5 Å². The quantitative estimate of drug-likeness (QED) is 0.918. The maximum absolute atomic E-state index is 12.3. The SMILES string of the molecule is O=C(Cc1ccc(=O)[nH]n1)N1CCC(Oc2cccc(Cl)c2)CC1. The van der Waals surface area contributed by atoms with Crippen molar-refractivity contribution in [3.63, 3.8) is 0 Å². The van der Waals surface area contributed by atoms with E-state index in [0.717, 1.165) is 18.6 Å². The van der Waals surface area contributed by atoms with Crippen LogP contribution >= 0.6 is 11.6 Å². The van der Waals surface area contributed by atoms with Crippen LogP contribution in [0.3, 0.4) is 0 Å². The van der Waals surface area contributed by atoms with Gasteiger partial charge in [0.2, 0.25) is 5.91 Å².